The Bertz CT molecular complexity index is 1170. The molecule has 0 aliphatic rings. The first-order valence-corrected chi connectivity index (χ1v) is 12.0. The molecule has 2 N–H and O–H groups in total. The Balaban J connectivity index is 1.54. The minimum atomic E-state index is -0.218. The number of carbonyl (C=O) groups is 2. The number of methoxy groups -OCH3 is 1. The molecule has 3 aromatic rings. The topological polar surface area (TPSA) is 98.1 Å². The Morgan fingerprint density at radius 3 is 2.59 bits per heavy atom. The van der Waals surface area contributed by atoms with E-state index in [4.69, 9.17) is 27.9 Å². The normalized spacial score (nSPS) is 10.6. The third-order valence-electron chi connectivity index (χ3n) is 4.63. The summed E-state index contributed by atoms with van der Waals surface area (Å²) in [5.41, 5.74) is 1.10. The molecule has 11 heteroatoms. The number of hydrogen-bond donors (Lipinski definition) is 2. The van der Waals surface area contributed by atoms with Crippen molar-refractivity contribution >= 4 is 52.5 Å². The number of carbonyl (C=O) groups excluding carboxylic acids is 2. The SMILES string of the molecule is C=CCn1c(CCNC(=O)c2ccc(OC)cc2)nnc1SCC(=O)Nc1ccc(Cl)c(Cl)c1. The first-order chi connectivity index (χ1) is 16.4. The first kappa shape index (κ1) is 25.6. The number of nitrogens with zero attached hydrogens (tertiary/aromatic N) is 3. The molecule has 8 nitrogen and oxygen atoms in total. The fourth-order valence-corrected chi connectivity index (χ4v) is 4.02. The average molecular weight is 520 g/mol. The van der Waals surface area contributed by atoms with E-state index in [1.54, 1.807) is 55.7 Å². The predicted molar refractivity (Wildman–Crippen MR) is 135 cm³/mol. The molecule has 0 bridgehead atoms. The minimum Gasteiger partial charge on any atom is -0.497 e. The van der Waals surface area contributed by atoms with Gasteiger partial charge in [-0.15, -0.1) is 16.8 Å². The second-order valence-electron chi connectivity index (χ2n) is 7.00. The molecule has 0 atom stereocenters. The highest BCUT2D eigenvalue weighted by atomic mass is 35.5. The number of allylic oxidation sites excluding steroid dienone is 1. The van der Waals surface area contributed by atoms with Gasteiger partial charge in [-0.2, -0.15) is 0 Å². The van der Waals surface area contributed by atoms with Crippen LogP contribution in [0.15, 0.2) is 60.3 Å². The summed E-state index contributed by atoms with van der Waals surface area (Å²) in [5, 5.41) is 15.4. The Morgan fingerprint density at radius 2 is 1.91 bits per heavy atom. The maximum absolute atomic E-state index is 12.3. The van der Waals surface area contributed by atoms with Gasteiger partial charge in [0.2, 0.25) is 5.91 Å². The molecule has 0 radical (unpaired) electrons. The lowest BCUT2D eigenvalue weighted by molar-refractivity contribution is -0.113. The number of halogens is 2. The van der Waals surface area contributed by atoms with Gasteiger partial charge in [-0.05, 0) is 42.5 Å². The summed E-state index contributed by atoms with van der Waals surface area (Å²) in [6.07, 6.45) is 2.20. The zero-order valence-corrected chi connectivity index (χ0v) is 20.7. The number of hydrogen-bond acceptors (Lipinski definition) is 6. The smallest absolute Gasteiger partial charge is 0.251 e. The Labute approximate surface area is 211 Å². The summed E-state index contributed by atoms with van der Waals surface area (Å²) >= 11 is 13.1. The van der Waals surface area contributed by atoms with E-state index in [1.165, 1.54) is 11.8 Å². The van der Waals surface area contributed by atoms with E-state index >= 15 is 0 Å². The van der Waals surface area contributed by atoms with Crippen LogP contribution in [-0.4, -0.2) is 46.0 Å². The van der Waals surface area contributed by atoms with Crippen molar-refractivity contribution in [3.63, 3.8) is 0 Å². The average Bonchev–Trinajstić information content (AvgIpc) is 3.21. The van der Waals surface area contributed by atoms with E-state index < -0.39 is 0 Å². The molecule has 3 rings (SSSR count). The monoisotopic (exact) mass is 519 g/mol. The van der Waals surface area contributed by atoms with Crippen molar-refractivity contribution in [2.45, 2.75) is 18.1 Å². The summed E-state index contributed by atoms with van der Waals surface area (Å²) in [7, 11) is 1.57. The summed E-state index contributed by atoms with van der Waals surface area (Å²) in [6.45, 7) is 4.63. The second kappa shape index (κ2) is 12.5. The molecule has 2 aromatic carbocycles. The number of rotatable bonds is 11. The van der Waals surface area contributed by atoms with Gasteiger partial charge < -0.3 is 19.9 Å². The van der Waals surface area contributed by atoms with Gasteiger partial charge in [0.05, 0.1) is 22.9 Å². The van der Waals surface area contributed by atoms with Crippen LogP contribution in [0.2, 0.25) is 10.0 Å². The maximum Gasteiger partial charge on any atom is 0.251 e. The van der Waals surface area contributed by atoms with Gasteiger partial charge in [0.25, 0.3) is 5.91 Å². The molecule has 0 saturated heterocycles. The van der Waals surface area contributed by atoms with Crippen molar-refractivity contribution in [2.24, 2.45) is 0 Å². The van der Waals surface area contributed by atoms with E-state index in [1.807, 2.05) is 4.57 Å². The number of ether oxygens (including phenoxy) is 1. The molecule has 178 valence electrons. The zero-order chi connectivity index (χ0) is 24.5. The number of thioether (sulfide) groups is 1. The highest BCUT2D eigenvalue weighted by molar-refractivity contribution is 7.99. The molecule has 1 heterocycles. The van der Waals surface area contributed by atoms with Crippen LogP contribution in [0, 0.1) is 0 Å². The lowest BCUT2D eigenvalue weighted by atomic mass is 10.2. The number of anilines is 1. The molecular weight excluding hydrogens is 497 g/mol. The summed E-state index contributed by atoms with van der Waals surface area (Å²) in [5.74, 6) is 1.09. The van der Waals surface area contributed by atoms with Gasteiger partial charge >= 0.3 is 0 Å². The Hall–Kier alpha value is -3.01. The van der Waals surface area contributed by atoms with Crippen molar-refractivity contribution in [2.75, 3.05) is 24.7 Å². The van der Waals surface area contributed by atoms with E-state index in [-0.39, 0.29) is 17.6 Å². The molecule has 0 aliphatic heterocycles. The molecule has 0 spiro atoms. The largest absolute Gasteiger partial charge is 0.497 e. The predicted octanol–water partition coefficient (Wildman–Crippen LogP) is 4.48. The third kappa shape index (κ3) is 6.99. The fraction of sp³-hybridized carbons (Fsp3) is 0.217. The van der Waals surface area contributed by atoms with Crippen LogP contribution in [0.1, 0.15) is 16.2 Å². The van der Waals surface area contributed by atoms with Crippen LogP contribution in [0.25, 0.3) is 0 Å². The highest BCUT2D eigenvalue weighted by Gasteiger charge is 2.14. The molecule has 0 fully saturated rings. The lowest BCUT2D eigenvalue weighted by Crippen LogP contribution is -2.26. The number of benzene rings is 2. The first-order valence-electron chi connectivity index (χ1n) is 10.2. The van der Waals surface area contributed by atoms with Crippen molar-refractivity contribution in [1.82, 2.24) is 20.1 Å². The number of nitrogens with one attached hydrogen (secondary N) is 2. The maximum atomic E-state index is 12.3. The van der Waals surface area contributed by atoms with Crippen molar-refractivity contribution in [3.05, 3.63) is 76.6 Å². The van der Waals surface area contributed by atoms with Gasteiger partial charge in [-0.3, -0.25) is 9.59 Å². The molecular formula is C23H23Cl2N5O3S. The molecule has 34 heavy (non-hydrogen) atoms. The lowest BCUT2D eigenvalue weighted by Gasteiger charge is -2.09. The van der Waals surface area contributed by atoms with Crippen LogP contribution in [0.3, 0.4) is 0 Å². The van der Waals surface area contributed by atoms with Gasteiger partial charge in [0.15, 0.2) is 5.16 Å². The summed E-state index contributed by atoms with van der Waals surface area (Å²) in [4.78, 5) is 24.7. The quantitative estimate of drug-likeness (QED) is 0.286. The van der Waals surface area contributed by atoms with E-state index in [9.17, 15) is 9.59 Å². The van der Waals surface area contributed by atoms with E-state index in [0.29, 0.717) is 57.5 Å². The Morgan fingerprint density at radius 1 is 1.15 bits per heavy atom. The van der Waals surface area contributed by atoms with Crippen molar-refractivity contribution in [1.29, 1.82) is 0 Å². The van der Waals surface area contributed by atoms with Gasteiger partial charge in [0.1, 0.15) is 11.6 Å². The zero-order valence-electron chi connectivity index (χ0n) is 18.4. The molecule has 2 amide bonds. The van der Waals surface area contributed by atoms with Crippen LogP contribution < -0.4 is 15.4 Å². The van der Waals surface area contributed by atoms with Crippen molar-refractivity contribution < 1.29 is 14.3 Å². The standard InChI is InChI=1S/C23H23Cl2N5O3S/c1-3-12-30-20(10-11-26-22(32)15-4-7-17(33-2)8-5-15)28-29-23(30)34-14-21(31)27-16-6-9-18(24)19(25)13-16/h3-9,13H,1,10-12,14H2,2H3,(H,26,32)(H,27,31). The van der Waals surface area contributed by atoms with E-state index in [0.717, 1.165) is 0 Å². The van der Waals surface area contributed by atoms with Crippen LogP contribution in [0.4, 0.5) is 5.69 Å². The molecule has 0 saturated carbocycles. The Kier molecular flexibility index (Phi) is 9.38. The molecule has 0 aliphatic carbocycles. The van der Waals surface area contributed by atoms with Crippen LogP contribution in [-0.2, 0) is 17.8 Å². The minimum absolute atomic E-state index is 0.129. The van der Waals surface area contributed by atoms with Gasteiger partial charge in [0, 0.05) is 30.8 Å². The molecule has 1 aromatic heterocycles. The summed E-state index contributed by atoms with van der Waals surface area (Å²) < 4.78 is 6.97. The summed E-state index contributed by atoms with van der Waals surface area (Å²) in [6, 6.07) is 11.7. The number of amides is 2. The highest BCUT2D eigenvalue weighted by Crippen LogP contribution is 2.25. The van der Waals surface area contributed by atoms with E-state index in [2.05, 4.69) is 27.4 Å². The third-order valence-corrected chi connectivity index (χ3v) is 6.33. The second-order valence-corrected chi connectivity index (χ2v) is 8.76. The van der Waals surface area contributed by atoms with Crippen molar-refractivity contribution in [3.8, 4) is 5.75 Å². The van der Waals surface area contributed by atoms with Gasteiger partial charge in [-0.1, -0.05) is 41.0 Å². The van der Waals surface area contributed by atoms with Crippen LogP contribution in [0.5, 0.6) is 5.75 Å². The molecule has 0 unspecified atom stereocenters. The number of aromatic nitrogens is 3. The van der Waals surface area contributed by atoms with Crippen LogP contribution >= 0.6 is 35.0 Å². The fourth-order valence-electron chi connectivity index (χ4n) is 2.96. The van der Waals surface area contributed by atoms with Gasteiger partial charge in [-0.25, -0.2) is 0 Å².